The number of fused-ring (bicyclic) bond motifs is 21. The van der Waals surface area contributed by atoms with E-state index in [2.05, 4.69) is 218 Å². The fraction of sp³-hybridized carbons (Fsp3) is 0.0909. The monoisotopic (exact) mass is 834 g/mol. The highest BCUT2D eigenvalue weighted by molar-refractivity contribution is 6.05. The summed E-state index contributed by atoms with van der Waals surface area (Å²) in [6, 6.07) is 84.6. The maximum Gasteiger partial charge on any atom is 0.0218 e. The zero-order chi connectivity index (χ0) is 42.8. The highest BCUT2D eigenvalue weighted by Crippen LogP contribution is 2.72. The molecule has 0 heterocycles. The predicted molar refractivity (Wildman–Crippen MR) is 269 cm³/mol. The lowest BCUT2D eigenvalue weighted by molar-refractivity contribution is 0.705. The van der Waals surface area contributed by atoms with Gasteiger partial charge in [0.05, 0.1) is 0 Å². The third kappa shape index (κ3) is 4.32. The van der Waals surface area contributed by atoms with Crippen molar-refractivity contribution in [3.8, 4) is 66.8 Å². The molecule has 0 unspecified atom stereocenters. The van der Waals surface area contributed by atoms with Crippen molar-refractivity contribution >= 4 is 0 Å². The minimum absolute atomic E-state index is 0.113. The van der Waals surface area contributed by atoms with Gasteiger partial charge in [-0.15, -0.1) is 0 Å². The van der Waals surface area contributed by atoms with Crippen LogP contribution in [-0.2, 0) is 0 Å². The van der Waals surface area contributed by atoms with Crippen LogP contribution >= 0.6 is 0 Å². The second kappa shape index (κ2) is 12.9. The van der Waals surface area contributed by atoms with E-state index in [4.69, 9.17) is 0 Å². The minimum Gasteiger partial charge on any atom is -0.0619 e. The van der Waals surface area contributed by atoms with Crippen molar-refractivity contribution in [2.45, 2.75) is 35.5 Å². The van der Waals surface area contributed by atoms with Gasteiger partial charge in [-0.3, -0.25) is 0 Å². The van der Waals surface area contributed by atoms with Gasteiger partial charge in [0.15, 0.2) is 0 Å². The Morgan fingerprint density at radius 3 is 0.500 bits per heavy atom. The Labute approximate surface area is 385 Å². The lowest BCUT2D eigenvalue weighted by Gasteiger charge is -2.31. The molecule has 0 saturated carbocycles. The van der Waals surface area contributed by atoms with E-state index < -0.39 is 0 Å². The van der Waals surface area contributed by atoms with Crippen molar-refractivity contribution in [2.75, 3.05) is 0 Å². The molecule has 6 aliphatic rings. The average molecular weight is 835 g/mol. The van der Waals surface area contributed by atoms with E-state index >= 15 is 0 Å². The molecule has 0 spiro atoms. The third-order valence-electron chi connectivity index (χ3n) is 16.9. The van der Waals surface area contributed by atoms with Crippen LogP contribution in [0, 0.1) is 0 Å². The molecule has 10 aromatic rings. The molecule has 16 rings (SSSR count). The summed E-state index contributed by atoms with van der Waals surface area (Å²) in [5.74, 6) is 0.830. The molecular weight excluding hydrogens is 793 g/mol. The molecule has 0 N–H and O–H groups in total. The molecule has 0 fully saturated rings. The zero-order valence-electron chi connectivity index (χ0n) is 36.2. The van der Waals surface area contributed by atoms with Crippen LogP contribution < -0.4 is 0 Å². The molecule has 0 aromatic heterocycles. The second-order valence-electron chi connectivity index (χ2n) is 19.5. The molecule has 0 radical (unpaired) electrons. The number of benzene rings is 10. The summed E-state index contributed by atoms with van der Waals surface area (Å²) in [6.45, 7) is 0. The zero-order valence-corrected chi connectivity index (χ0v) is 36.2. The number of rotatable bonds is 3. The molecule has 10 aromatic carbocycles. The molecule has 0 bridgehead atoms. The summed E-state index contributed by atoms with van der Waals surface area (Å²) in [6.07, 6.45) is 0. The molecule has 0 saturated heterocycles. The quantitative estimate of drug-likeness (QED) is 0.166. The van der Waals surface area contributed by atoms with Crippen molar-refractivity contribution in [3.05, 3.63) is 285 Å². The van der Waals surface area contributed by atoms with Gasteiger partial charge in [0.25, 0.3) is 0 Å². The highest BCUT2D eigenvalue weighted by Gasteiger charge is 2.53. The Balaban J connectivity index is 1.09. The van der Waals surface area contributed by atoms with Crippen LogP contribution in [0.5, 0.6) is 0 Å². The van der Waals surface area contributed by atoms with Gasteiger partial charge in [-0.1, -0.05) is 218 Å². The first kappa shape index (κ1) is 35.5. The van der Waals surface area contributed by atoms with Gasteiger partial charge in [-0.05, 0) is 134 Å². The first-order valence-corrected chi connectivity index (χ1v) is 23.9. The van der Waals surface area contributed by atoms with Gasteiger partial charge in [-0.2, -0.15) is 0 Å². The fourth-order valence-electron chi connectivity index (χ4n) is 14.8. The minimum atomic E-state index is 0.113. The van der Waals surface area contributed by atoms with E-state index in [1.807, 2.05) is 0 Å². The lowest BCUT2D eigenvalue weighted by Crippen LogP contribution is -2.15. The van der Waals surface area contributed by atoms with Gasteiger partial charge >= 0.3 is 0 Å². The third-order valence-corrected chi connectivity index (χ3v) is 16.9. The second-order valence-corrected chi connectivity index (χ2v) is 19.5. The van der Waals surface area contributed by atoms with E-state index in [1.165, 1.54) is 134 Å². The number of hydrogen-bond donors (Lipinski definition) is 0. The molecule has 0 amide bonds. The van der Waals surface area contributed by atoms with E-state index in [-0.39, 0.29) is 35.5 Å². The van der Waals surface area contributed by atoms with Crippen LogP contribution in [0.15, 0.2) is 218 Å². The smallest absolute Gasteiger partial charge is 0.0218 e. The van der Waals surface area contributed by atoms with Gasteiger partial charge in [0.1, 0.15) is 0 Å². The molecule has 0 aliphatic heterocycles. The molecule has 0 nitrogen and oxygen atoms in total. The summed E-state index contributed by atoms with van der Waals surface area (Å²) in [7, 11) is 0. The van der Waals surface area contributed by atoms with E-state index in [0.29, 0.717) is 0 Å². The summed E-state index contributed by atoms with van der Waals surface area (Å²) in [4.78, 5) is 0. The largest absolute Gasteiger partial charge is 0.0619 e. The van der Waals surface area contributed by atoms with Crippen molar-refractivity contribution in [1.29, 1.82) is 0 Å². The van der Waals surface area contributed by atoms with Crippen molar-refractivity contribution in [2.24, 2.45) is 0 Å². The van der Waals surface area contributed by atoms with Crippen molar-refractivity contribution in [3.63, 3.8) is 0 Å². The molecule has 6 aliphatic carbocycles. The van der Waals surface area contributed by atoms with Crippen LogP contribution in [-0.4, -0.2) is 0 Å². The van der Waals surface area contributed by atoms with Crippen LogP contribution in [0.3, 0.4) is 0 Å². The Morgan fingerprint density at radius 1 is 0.152 bits per heavy atom. The molecule has 3 atom stereocenters. The Kier molecular flexibility index (Phi) is 6.96. The fourth-order valence-corrected chi connectivity index (χ4v) is 14.8. The summed E-state index contributed by atoms with van der Waals surface area (Å²) in [5, 5.41) is 0. The van der Waals surface area contributed by atoms with E-state index in [0.717, 1.165) is 0 Å². The first-order valence-electron chi connectivity index (χ1n) is 23.9. The Bertz CT molecular complexity index is 3220. The number of hydrogen-bond acceptors (Lipinski definition) is 0. The molecule has 0 heteroatoms. The molecule has 306 valence electrons. The van der Waals surface area contributed by atoms with Crippen LogP contribution in [0.2, 0.25) is 0 Å². The van der Waals surface area contributed by atoms with Gasteiger partial charge < -0.3 is 0 Å². The Morgan fingerprint density at radius 2 is 0.303 bits per heavy atom. The predicted octanol–water partition coefficient (Wildman–Crippen LogP) is 16.5. The van der Waals surface area contributed by atoms with Crippen LogP contribution in [0.1, 0.15) is 102 Å². The molecular formula is C66H42. The SMILES string of the molecule is c1ccc2c(c1)-c1ccccc1C2[C@@H]1c2ccccc2-c2c1c1c(c3c2[C@@H](C2c4ccccc4-c4ccccc42)c2ccccc2-3)[C@H](C2c3ccccc3-c3ccccc32)c2ccccc2-1. The van der Waals surface area contributed by atoms with Gasteiger partial charge in [-0.25, -0.2) is 0 Å². The standard InChI is InChI=1S/C66H42/c1-7-25-43-37(19-1)38-20-2-8-26-44(38)55(43)58-49-31-13-16-34-52(49)61-64(58)62-53-35-17-14-32-50(53)59(56-45-27-9-3-21-39(45)40-22-4-10-28-46(40)56)66(62)63-54-36-18-15-33-51(54)60(65(61)63)57-47-29-11-5-23-41(47)42-24-6-12-30-48(42)57/h1-36,55-60H/t58-,59-,60+/m0/s1. The summed E-state index contributed by atoms with van der Waals surface area (Å²) < 4.78 is 0. The summed E-state index contributed by atoms with van der Waals surface area (Å²) in [5.41, 5.74) is 34.6. The Hall–Kier alpha value is -7.80. The van der Waals surface area contributed by atoms with Crippen LogP contribution in [0.4, 0.5) is 0 Å². The van der Waals surface area contributed by atoms with Gasteiger partial charge in [0, 0.05) is 35.5 Å². The van der Waals surface area contributed by atoms with Crippen molar-refractivity contribution in [1.82, 2.24) is 0 Å². The summed E-state index contributed by atoms with van der Waals surface area (Å²) >= 11 is 0. The van der Waals surface area contributed by atoms with E-state index in [9.17, 15) is 0 Å². The topological polar surface area (TPSA) is 0 Å². The van der Waals surface area contributed by atoms with Crippen molar-refractivity contribution < 1.29 is 0 Å². The highest BCUT2D eigenvalue weighted by atomic mass is 14.6. The van der Waals surface area contributed by atoms with Crippen LogP contribution in [0.25, 0.3) is 66.8 Å². The van der Waals surface area contributed by atoms with E-state index in [1.54, 1.807) is 0 Å². The average Bonchev–Trinajstić information content (AvgIpc) is 4.21. The van der Waals surface area contributed by atoms with Gasteiger partial charge in [0.2, 0.25) is 0 Å². The molecule has 66 heavy (non-hydrogen) atoms. The normalized spacial score (nSPS) is 18.3. The maximum atomic E-state index is 2.49. The first-order chi connectivity index (χ1) is 32.8. The lowest BCUT2D eigenvalue weighted by atomic mass is 9.71. The maximum absolute atomic E-state index is 2.49.